The van der Waals surface area contributed by atoms with Crippen molar-refractivity contribution in [2.45, 2.75) is 20.8 Å². The number of nitrogens with two attached hydrogens (primary N) is 1. The lowest BCUT2D eigenvalue weighted by atomic mass is 10.1. The van der Waals surface area contributed by atoms with Crippen molar-refractivity contribution in [2.75, 3.05) is 0 Å². The molecule has 0 saturated carbocycles. The molecule has 104 valence electrons. The zero-order valence-corrected chi connectivity index (χ0v) is 12.4. The van der Waals surface area contributed by atoms with Crippen LogP contribution in [0.2, 0.25) is 5.02 Å². The van der Waals surface area contributed by atoms with E-state index in [0.717, 1.165) is 22.4 Å². The molecule has 1 aromatic heterocycles. The Morgan fingerprint density at radius 2 is 1.85 bits per heavy atom. The molecule has 2 aromatic rings. The fourth-order valence-corrected chi connectivity index (χ4v) is 2.14. The van der Waals surface area contributed by atoms with E-state index in [2.05, 4.69) is 4.98 Å². The van der Waals surface area contributed by atoms with Gasteiger partial charge in [0.15, 0.2) is 0 Å². The molecule has 0 atom stereocenters. The van der Waals surface area contributed by atoms with Crippen LogP contribution in [0.1, 0.15) is 22.3 Å². The first-order valence-electron chi connectivity index (χ1n) is 6.15. The number of ether oxygens (including phenoxy) is 1. The van der Waals surface area contributed by atoms with Crippen LogP contribution >= 0.6 is 11.6 Å². The van der Waals surface area contributed by atoms with Crippen molar-refractivity contribution in [2.24, 2.45) is 5.73 Å². The topological polar surface area (TPSA) is 72.0 Å². The van der Waals surface area contributed by atoms with Gasteiger partial charge in [-0.2, -0.15) is 0 Å². The second-order valence-electron chi connectivity index (χ2n) is 4.65. The van der Waals surface area contributed by atoms with Gasteiger partial charge in [-0.1, -0.05) is 23.7 Å². The Labute approximate surface area is 123 Å². The Morgan fingerprint density at radius 3 is 2.50 bits per heavy atom. The molecule has 0 aliphatic rings. The average Bonchev–Trinajstić information content (AvgIpc) is 2.40. The summed E-state index contributed by atoms with van der Waals surface area (Å²) >= 11 is 6.19. The highest BCUT2D eigenvalue weighted by Gasteiger charge is 2.14. The van der Waals surface area contributed by atoms with Crippen molar-refractivity contribution in [1.82, 2.24) is 4.98 Å². The summed E-state index contributed by atoms with van der Waals surface area (Å²) in [5.41, 5.74) is 9.06. The van der Waals surface area contributed by atoms with Gasteiger partial charge >= 0.3 is 0 Å². The normalized spacial score (nSPS) is 10.4. The molecule has 4 nitrogen and oxygen atoms in total. The van der Waals surface area contributed by atoms with E-state index in [0.29, 0.717) is 5.56 Å². The van der Waals surface area contributed by atoms with Gasteiger partial charge in [-0.05, 0) is 43.5 Å². The smallest absolute Gasteiger partial charge is 0.238 e. The molecule has 0 aliphatic carbocycles. The number of nitrogens with zero attached hydrogens (tertiary/aromatic N) is 1. The van der Waals surface area contributed by atoms with Gasteiger partial charge < -0.3 is 10.5 Å². The third-order valence-corrected chi connectivity index (χ3v) is 3.58. The first-order valence-corrected chi connectivity index (χ1v) is 6.53. The Bertz CT molecular complexity index is 683. The van der Waals surface area contributed by atoms with Crippen LogP contribution in [0.3, 0.4) is 0 Å². The van der Waals surface area contributed by atoms with Gasteiger partial charge in [0.1, 0.15) is 16.6 Å². The lowest BCUT2D eigenvalue weighted by molar-refractivity contribution is 0.455. The number of hydrogen-bond acceptors (Lipinski definition) is 3. The number of benzene rings is 1. The van der Waals surface area contributed by atoms with Gasteiger partial charge in [0.2, 0.25) is 5.88 Å². The molecule has 3 N–H and O–H groups in total. The summed E-state index contributed by atoms with van der Waals surface area (Å²) in [7, 11) is 0. The van der Waals surface area contributed by atoms with Gasteiger partial charge in [0.05, 0.1) is 0 Å². The molecule has 20 heavy (non-hydrogen) atoms. The van der Waals surface area contributed by atoms with E-state index < -0.39 is 0 Å². The quantitative estimate of drug-likeness (QED) is 0.668. The highest BCUT2D eigenvalue weighted by Crippen LogP contribution is 2.34. The van der Waals surface area contributed by atoms with Gasteiger partial charge in [-0.3, -0.25) is 5.41 Å². The van der Waals surface area contributed by atoms with Crippen LogP contribution in [0.25, 0.3) is 0 Å². The van der Waals surface area contributed by atoms with Crippen molar-refractivity contribution >= 4 is 17.4 Å². The van der Waals surface area contributed by atoms with Crippen LogP contribution in [0, 0.1) is 26.2 Å². The molecule has 0 bridgehead atoms. The molecule has 0 radical (unpaired) electrons. The summed E-state index contributed by atoms with van der Waals surface area (Å²) in [6.07, 6.45) is 1.53. The maximum absolute atomic E-state index is 7.48. The molecule has 0 spiro atoms. The minimum Gasteiger partial charge on any atom is -0.437 e. The van der Waals surface area contributed by atoms with Crippen LogP contribution in [0.15, 0.2) is 24.4 Å². The summed E-state index contributed by atoms with van der Waals surface area (Å²) in [6.45, 7) is 5.97. The molecule has 0 saturated heterocycles. The molecule has 5 heteroatoms. The van der Waals surface area contributed by atoms with E-state index in [1.165, 1.54) is 6.20 Å². The molecule has 0 fully saturated rings. The summed E-state index contributed by atoms with van der Waals surface area (Å²) in [5.74, 6) is 0.885. The fourth-order valence-electron chi connectivity index (χ4n) is 1.88. The van der Waals surface area contributed by atoms with Crippen LogP contribution in [-0.4, -0.2) is 10.8 Å². The molecule has 0 amide bonds. The van der Waals surface area contributed by atoms with E-state index in [9.17, 15) is 0 Å². The Balaban J connectivity index is 2.49. The minimum absolute atomic E-state index is 0.111. The zero-order valence-electron chi connectivity index (χ0n) is 11.6. The lowest BCUT2D eigenvalue weighted by Crippen LogP contribution is -2.12. The van der Waals surface area contributed by atoms with Crippen LogP contribution in [0.4, 0.5) is 0 Å². The second-order valence-corrected chi connectivity index (χ2v) is 5.02. The van der Waals surface area contributed by atoms with E-state index in [4.69, 9.17) is 27.5 Å². The number of pyridine rings is 1. The maximum Gasteiger partial charge on any atom is 0.238 e. The Hall–Kier alpha value is -2.07. The molecule has 1 heterocycles. The summed E-state index contributed by atoms with van der Waals surface area (Å²) < 4.78 is 5.85. The van der Waals surface area contributed by atoms with E-state index >= 15 is 0 Å². The number of aromatic nitrogens is 1. The fraction of sp³-hybridized carbons (Fsp3) is 0.200. The van der Waals surface area contributed by atoms with Crippen LogP contribution < -0.4 is 10.5 Å². The van der Waals surface area contributed by atoms with E-state index in [1.807, 2.05) is 32.9 Å². The van der Waals surface area contributed by atoms with Crippen LogP contribution in [0.5, 0.6) is 11.6 Å². The SMILES string of the molecule is Cc1ccc(C)c(Oc2nccc(C(=N)N)c2Cl)c1C. The minimum atomic E-state index is -0.111. The third-order valence-electron chi connectivity index (χ3n) is 3.22. The number of nitrogens with one attached hydrogen (secondary N) is 1. The average molecular weight is 290 g/mol. The van der Waals surface area contributed by atoms with E-state index in [-0.39, 0.29) is 16.7 Å². The number of rotatable bonds is 3. The van der Waals surface area contributed by atoms with Crippen molar-refractivity contribution in [3.8, 4) is 11.6 Å². The molecular formula is C15H16ClN3O. The Kier molecular flexibility index (Phi) is 3.95. The van der Waals surface area contributed by atoms with E-state index in [1.54, 1.807) is 6.07 Å². The summed E-state index contributed by atoms with van der Waals surface area (Å²) in [6, 6.07) is 5.62. The Morgan fingerprint density at radius 1 is 1.20 bits per heavy atom. The molecular weight excluding hydrogens is 274 g/mol. The van der Waals surface area contributed by atoms with Crippen molar-refractivity contribution in [1.29, 1.82) is 5.41 Å². The molecule has 1 aromatic carbocycles. The zero-order chi connectivity index (χ0) is 14.9. The molecule has 0 aliphatic heterocycles. The lowest BCUT2D eigenvalue weighted by Gasteiger charge is -2.14. The second kappa shape index (κ2) is 5.51. The van der Waals surface area contributed by atoms with Crippen molar-refractivity contribution in [3.05, 3.63) is 51.7 Å². The number of halogens is 1. The van der Waals surface area contributed by atoms with Crippen LogP contribution in [-0.2, 0) is 0 Å². The monoisotopic (exact) mass is 289 g/mol. The first-order chi connectivity index (χ1) is 9.41. The predicted octanol–water partition coefficient (Wildman–Crippen LogP) is 3.74. The molecule has 2 rings (SSSR count). The van der Waals surface area contributed by atoms with Gasteiger partial charge in [0, 0.05) is 11.8 Å². The van der Waals surface area contributed by atoms with Crippen molar-refractivity contribution < 1.29 is 4.74 Å². The summed E-state index contributed by atoms with van der Waals surface area (Å²) in [4.78, 5) is 4.12. The number of aryl methyl sites for hydroxylation is 2. The van der Waals surface area contributed by atoms with Gasteiger partial charge in [-0.15, -0.1) is 0 Å². The van der Waals surface area contributed by atoms with Gasteiger partial charge in [-0.25, -0.2) is 4.98 Å². The largest absolute Gasteiger partial charge is 0.437 e. The molecule has 0 unspecified atom stereocenters. The number of amidine groups is 1. The number of hydrogen-bond donors (Lipinski definition) is 2. The highest BCUT2D eigenvalue weighted by molar-refractivity contribution is 6.35. The predicted molar refractivity (Wildman–Crippen MR) is 81.0 cm³/mol. The highest BCUT2D eigenvalue weighted by atomic mass is 35.5. The van der Waals surface area contributed by atoms with Gasteiger partial charge in [0.25, 0.3) is 0 Å². The third kappa shape index (κ3) is 2.60. The number of nitrogen functional groups attached to an aromatic ring is 1. The maximum atomic E-state index is 7.48. The first kappa shape index (κ1) is 14.3. The summed E-state index contributed by atoms with van der Waals surface area (Å²) in [5, 5.41) is 7.73. The van der Waals surface area contributed by atoms with Crippen molar-refractivity contribution in [3.63, 3.8) is 0 Å². The standard InChI is InChI=1S/C15H16ClN3O/c1-8-4-5-9(2)13(10(8)3)20-15-12(16)11(14(17)18)6-7-19-15/h4-7H,1-3H3,(H3,17,18).